The number of carbonyl (C=O) groups excluding carboxylic acids is 2. The van der Waals surface area contributed by atoms with E-state index in [9.17, 15) is 9.59 Å². The number of rotatable bonds is 2. The molecule has 1 aromatic rings. The summed E-state index contributed by atoms with van der Waals surface area (Å²) in [5, 5.41) is 0. The predicted octanol–water partition coefficient (Wildman–Crippen LogP) is 1.18. The molecular formula is C17H23N3O2. The first-order valence-corrected chi connectivity index (χ1v) is 7.84. The largest absolute Gasteiger partial charge is 0.304 e. The van der Waals surface area contributed by atoms with Crippen molar-refractivity contribution in [1.29, 1.82) is 0 Å². The van der Waals surface area contributed by atoms with Crippen molar-refractivity contribution in [2.45, 2.75) is 26.3 Å². The number of anilines is 1. The van der Waals surface area contributed by atoms with E-state index >= 15 is 0 Å². The van der Waals surface area contributed by atoms with Gasteiger partial charge in [0.25, 0.3) is 5.91 Å². The highest BCUT2D eigenvalue weighted by Crippen LogP contribution is 2.27. The fourth-order valence-electron chi connectivity index (χ4n) is 3.17. The lowest BCUT2D eigenvalue weighted by Gasteiger charge is -2.35. The van der Waals surface area contributed by atoms with Crippen molar-refractivity contribution in [2.75, 3.05) is 38.1 Å². The summed E-state index contributed by atoms with van der Waals surface area (Å²) in [5.41, 5.74) is 2.97. The topological polar surface area (TPSA) is 43.9 Å². The molecule has 0 radical (unpaired) electrons. The molecule has 2 aliphatic rings. The average Bonchev–Trinajstić information content (AvgIpc) is 2.78. The van der Waals surface area contributed by atoms with Crippen LogP contribution in [-0.4, -0.2) is 60.9 Å². The van der Waals surface area contributed by atoms with Crippen molar-refractivity contribution in [3.63, 3.8) is 0 Å². The molecule has 2 amide bonds. The van der Waals surface area contributed by atoms with Crippen LogP contribution >= 0.6 is 0 Å². The molecular weight excluding hydrogens is 278 g/mol. The Balaban J connectivity index is 1.80. The van der Waals surface area contributed by atoms with E-state index in [0.29, 0.717) is 12.1 Å². The number of benzene rings is 1. The third-order valence-electron chi connectivity index (χ3n) is 4.85. The van der Waals surface area contributed by atoms with Crippen molar-refractivity contribution in [3.8, 4) is 0 Å². The van der Waals surface area contributed by atoms with Gasteiger partial charge >= 0.3 is 0 Å². The van der Waals surface area contributed by atoms with Crippen molar-refractivity contribution in [2.24, 2.45) is 0 Å². The van der Waals surface area contributed by atoms with Crippen LogP contribution in [0.15, 0.2) is 18.2 Å². The third kappa shape index (κ3) is 2.66. The van der Waals surface area contributed by atoms with Crippen molar-refractivity contribution >= 4 is 17.5 Å². The molecule has 118 valence electrons. The highest BCUT2D eigenvalue weighted by atomic mass is 16.2. The minimum Gasteiger partial charge on any atom is -0.304 e. The van der Waals surface area contributed by atoms with Gasteiger partial charge in [0.15, 0.2) is 0 Å². The number of nitrogens with zero attached hydrogens (tertiary/aromatic N) is 3. The maximum absolute atomic E-state index is 12.7. The summed E-state index contributed by atoms with van der Waals surface area (Å²) >= 11 is 0. The van der Waals surface area contributed by atoms with Gasteiger partial charge in [0, 0.05) is 26.2 Å². The third-order valence-corrected chi connectivity index (χ3v) is 4.85. The average molecular weight is 301 g/mol. The number of carbonyl (C=O) groups is 2. The van der Waals surface area contributed by atoms with Gasteiger partial charge in [-0.25, -0.2) is 4.90 Å². The van der Waals surface area contributed by atoms with E-state index < -0.39 is 0 Å². The second kappa shape index (κ2) is 5.82. The first-order valence-electron chi connectivity index (χ1n) is 7.84. The van der Waals surface area contributed by atoms with Gasteiger partial charge < -0.3 is 4.90 Å². The molecule has 2 aliphatic heterocycles. The van der Waals surface area contributed by atoms with Gasteiger partial charge in [0.2, 0.25) is 5.91 Å². The molecule has 0 N–H and O–H groups in total. The molecule has 22 heavy (non-hydrogen) atoms. The Morgan fingerprint density at radius 2 is 1.68 bits per heavy atom. The zero-order valence-corrected chi connectivity index (χ0v) is 13.5. The van der Waals surface area contributed by atoms with E-state index in [1.807, 2.05) is 32.0 Å². The van der Waals surface area contributed by atoms with Crippen LogP contribution < -0.4 is 4.90 Å². The molecule has 3 rings (SSSR count). The Morgan fingerprint density at radius 1 is 1.00 bits per heavy atom. The van der Waals surface area contributed by atoms with E-state index in [-0.39, 0.29) is 17.9 Å². The standard InChI is InChI=1S/C17H23N3O2/c1-12-4-5-14(10-13(12)2)20-16(21)11-15(17(20)22)19-8-6-18(3)7-9-19/h4-5,10,15H,6-9,11H2,1-3H3/t15-/m1/s1. The molecule has 0 aromatic heterocycles. The van der Waals surface area contributed by atoms with Gasteiger partial charge in [-0.2, -0.15) is 0 Å². The Morgan fingerprint density at radius 3 is 2.32 bits per heavy atom. The molecule has 0 unspecified atom stereocenters. The number of piperazine rings is 1. The van der Waals surface area contributed by atoms with Crippen molar-refractivity contribution in [3.05, 3.63) is 29.3 Å². The monoisotopic (exact) mass is 301 g/mol. The fraction of sp³-hybridized carbons (Fsp3) is 0.529. The maximum Gasteiger partial charge on any atom is 0.251 e. The molecule has 0 saturated carbocycles. The van der Waals surface area contributed by atoms with Crippen LogP contribution in [0.3, 0.4) is 0 Å². The smallest absolute Gasteiger partial charge is 0.251 e. The number of imide groups is 1. The Hall–Kier alpha value is -1.72. The highest BCUT2D eigenvalue weighted by molar-refractivity contribution is 6.22. The van der Waals surface area contributed by atoms with E-state index in [2.05, 4.69) is 16.8 Å². The quantitative estimate of drug-likeness (QED) is 0.770. The van der Waals surface area contributed by atoms with Gasteiger partial charge in [-0.1, -0.05) is 6.07 Å². The predicted molar refractivity (Wildman–Crippen MR) is 85.9 cm³/mol. The normalized spacial score (nSPS) is 24.3. The zero-order valence-electron chi connectivity index (χ0n) is 13.5. The van der Waals surface area contributed by atoms with Gasteiger partial charge in [0.1, 0.15) is 0 Å². The van der Waals surface area contributed by atoms with Gasteiger partial charge in [-0.3, -0.25) is 14.5 Å². The van der Waals surface area contributed by atoms with E-state index in [1.54, 1.807) is 0 Å². The van der Waals surface area contributed by atoms with Crippen LogP contribution in [0.2, 0.25) is 0 Å². The SMILES string of the molecule is Cc1ccc(N2C(=O)C[C@@H](N3CCN(C)CC3)C2=O)cc1C. The van der Waals surface area contributed by atoms with Crippen LogP contribution in [0.25, 0.3) is 0 Å². The minimum absolute atomic E-state index is 0.0715. The fourth-order valence-corrected chi connectivity index (χ4v) is 3.17. The molecule has 2 fully saturated rings. The Labute approximate surface area is 131 Å². The number of aryl methyl sites for hydroxylation is 2. The lowest BCUT2D eigenvalue weighted by molar-refractivity contribution is -0.123. The van der Waals surface area contributed by atoms with Crippen LogP contribution in [0.5, 0.6) is 0 Å². The molecule has 0 aliphatic carbocycles. The lowest BCUT2D eigenvalue weighted by atomic mass is 10.1. The molecule has 1 aromatic carbocycles. The highest BCUT2D eigenvalue weighted by Gasteiger charge is 2.43. The number of amides is 2. The molecule has 5 nitrogen and oxygen atoms in total. The van der Waals surface area contributed by atoms with Crippen LogP contribution in [0.1, 0.15) is 17.5 Å². The van der Waals surface area contributed by atoms with E-state index in [1.165, 1.54) is 10.5 Å². The van der Waals surface area contributed by atoms with Gasteiger partial charge in [-0.15, -0.1) is 0 Å². The Kier molecular flexibility index (Phi) is 4.02. The summed E-state index contributed by atoms with van der Waals surface area (Å²) < 4.78 is 0. The number of hydrogen-bond donors (Lipinski definition) is 0. The molecule has 5 heteroatoms. The van der Waals surface area contributed by atoms with Crippen LogP contribution in [0, 0.1) is 13.8 Å². The summed E-state index contributed by atoms with van der Waals surface area (Å²) in [4.78, 5) is 30.9. The minimum atomic E-state index is -0.289. The first-order chi connectivity index (χ1) is 10.5. The lowest BCUT2D eigenvalue weighted by Crippen LogP contribution is -2.51. The molecule has 1 atom stereocenters. The summed E-state index contributed by atoms with van der Waals surface area (Å²) in [7, 11) is 2.08. The second-order valence-corrected chi connectivity index (χ2v) is 6.40. The molecule has 2 saturated heterocycles. The van der Waals surface area contributed by atoms with Crippen LogP contribution in [0.4, 0.5) is 5.69 Å². The van der Waals surface area contributed by atoms with Gasteiger partial charge in [-0.05, 0) is 44.2 Å². The van der Waals surface area contributed by atoms with Crippen LogP contribution in [-0.2, 0) is 9.59 Å². The molecule has 0 bridgehead atoms. The van der Waals surface area contributed by atoms with Crippen molar-refractivity contribution < 1.29 is 9.59 Å². The number of hydrogen-bond acceptors (Lipinski definition) is 4. The summed E-state index contributed by atoms with van der Waals surface area (Å²) in [6, 6.07) is 5.47. The first kappa shape index (κ1) is 15.2. The van der Waals surface area contributed by atoms with E-state index in [0.717, 1.165) is 31.7 Å². The molecule has 0 spiro atoms. The summed E-state index contributed by atoms with van der Waals surface area (Å²) in [6.07, 6.45) is 0.301. The van der Waals surface area contributed by atoms with Gasteiger partial charge in [0.05, 0.1) is 18.2 Å². The maximum atomic E-state index is 12.7. The summed E-state index contributed by atoms with van der Waals surface area (Å²) in [5.74, 6) is -0.157. The zero-order chi connectivity index (χ0) is 15.9. The van der Waals surface area contributed by atoms with E-state index in [4.69, 9.17) is 0 Å². The Bertz CT molecular complexity index is 606. The number of likely N-dealkylation sites (N-methyl/N-ethyl adjacent to an activating group) is 1. The molecule has 2 heterocycles. The van der Waals surface area contributed by atoms with Crippen molar-refractivity contribution in [1.82, 2.24) is 9.80 Å². The summed E-state index contributed by atoms with van der Waals surface area (Å²) in [6.45, 7) is 7.62. The second-order valence-electron chi connectivity index (χ2n) is 6.40.